The zero-order valence-corrected chi connectivity index (χ0v) is 25.2. The van der Waals surface area contributed by atoms with Crippen LogP contribution in [-0.4, -0.2) is 75.7 Å². The summed E-state index contributed by atoms with van der Waals surface area (Å²) in [5.41, 5.74) is -5.09. The van der Waals surface area contributed by atoms with Gasteiger partial charge in [-0.25, -0.2) is 19.6 Å². The Bertz CT molecular complexity index is 1650. The minimum Gasteiger partial charge on any atom is -0.490 e. The molecule has 4 heterocycles. The molecule has 3 aromatic rings. The molecule has 1 saturated heterocycles. The van der Waals surface area contributed by atoms with Crippen LogP contribution in [0, 0.1) is 0 Å². The van der Waals surface area contributed by atoms with Crippen LogP contribution in [0.4, 0.5) is 57.0 Å². The number of alkyl halides is 9. The highest BCUT2D eigenvalue weighted by Gasteiger charge is 2.39. The summed E-state index contributed by atoms with van der Waals surface area (Å²) >= 11 is 6.44. The molecule has 1 N–H and O–H groups in total. The van der Waals surface area contributed by atoms with Gasteiger partial charge in [0.25, 0.3) is 5.56 Å². The SMILES string of the molecule is C[C@@H](COc1ccnc(N2CCN(c3ncc(C(F)(F)F)cn3)CC2=O)c1Cl)Nc1cnn(COCCC(F)(F)F)c(=O)c1C(F)(F)F. The Morgan fingerprint density at radius 3 is 2.27 bits per heavy atom. The van der Waals surface area contributed by atoms with Crippen molar-refractivity contribution >= 4 is 35.0 Å². The summed E-state index contributed by atoms with van der Waals surface area (Å²) in [5, 5.41) is 5.90. The molecule has 0 aliphatic carbocycles. The van der Waals surface area contributed by atoms with E-state index in [4.69, 9.17) is 16.3 Å². The number of piperazine rings is 1. The summed E-state index contributed by atoms with van der Waals surface area (Å²) in [4.78, 5) is 39.5. The average molecular weight is 719 g/mol. The standard InChI is InChI=1S/C26H24ClF9N8O4/c1-14(41-16-10-40-44(13-47-7-3-24(28,29)30)22(46)19(16)26(34,35)36)12-48-17-2-4-37-21(20(17)27)43-6-5-42(11-18(43)45)23-38-8-15(9-39-23)25(31,32)33/h2,4,8-10,14,41H,3,5-7,11-13H2,1H3/t14-/m0/s1. The van der Waals surface area contributed by atoms with E-state index in [1.807, 2.05) is 0 Å². The number of nitrogens with zero attached hydrogens (tertiary/aromatic N) is 7. The Hall–Kier alpha value is -4.40. The van der Waals surface area contributed by atoms with Gasteiger partial charge in [-0.2, -0.15) is 44.6 Å². The largest absolute Gasteiger partial charge is 0.490 e. The first-order chi connectivity index (χ1) is 22.3. The molecule has 1 aliphatic heterocycles. The fourth-order valence-electron chi connectivity index (χ4n) is 4.24. The van der Waals surface area contributed by atoms with Gasteiger partial charge in [-0.05, 0) is 6.92 Å². The second-order valence-electron chi connectivity index (χ2n) is 10.2. The molecule has 1 atom stereocenters. The van der Waals surface area contributed by atoms with Crippen molar-refractivity contribution in [2.24, 2.45) is 0 Å². The van der Waals surface area contributed by atoms with Crippen LogP contribution in [0.1, 0.15) is 24.5 Å². The Morgan fingerprint density at radius 2 is 1.67 bits per heavy atom. The lowest BCUT2D eigenvalue weighted by Crippen LogP contribution is -2.51. The van der Waals surface area contributed by atoms with Crippen molar-refractivity contribution in [1.82, 2.24) is 24.7 Å². The number of anilines is 3. The first kappa shape index (κ1) is 36.4. The van der Waals surface area contributed by atoms with E-state index in [9.17, 15) is 49.1 Å². The normalized spacial score (nSPS) is 15.1. The average Bonchev–Trinajstić information content (AvgIpc) is 2.98. The van der Waals surface area contributed by atoms with Crippen molar-refractivity contribution in [1.29, 1.82) is 0 Å². The van der Waals surface area contributed by atoms with Gasteiger partial charge in [0, 0.05) is 37.7 Å². The van der Waals surface area contributed by atoms with Crippen molar-refractivity contribution in [3.8, 4) is 5.75 Å². The molecule has 22 heteroatoms. The van der Waals surface area contributed by atoms with Crippen LogP contribution in [0.5, 0.6) is 5.75 Å². The van der Waals surface area contributed by atoms with E-state index in [1.165, 1.54) is 29.0 Å². The molecule has 3 aromatic heterocycles. The van der Waals surface area contributed by atoms with Crippen LogP contribution < -0.4 is 25.4 Å². The van der Waals surface area contributed by atoms with Crippen molar-refractivity contribution in [2.45, 2.75) is 44.6 Å². The number of carbonyl (C=O) groups is 1. The maximum atomic E-state index is 13.8. The summed E-state index contributed by atoms with van der Waals surface area (Å²) in [7, 11) is 0. The second kappa shape index (κ2) is 14.4. The third-order valence-corrected chi connectivity index (χ3v) is 6.88. The van der Waals surface area contributed by atoms with Crippen molar-refractivity contribution < 1.29 is 53.8 Å². The van der Waals surface area contributed by atoms with E-state index in [0.29, 0.717) is 18.6 Å². The first-order valence-electron chi connectivity index (χ1n) is 13.7. The highest BCUT2D eigenvalue weighted by Crippen LogP contribution is 2.35. The third kappa shape index (κ3) is 9.14. The molecular weight excluding hydrogens is 695 g/mol. The van der Waals surface area contributed by atoms with Crippen LogP contribution >= 0.6 is 11.6 Å². The summed E-state index contributed by atoms with van der Waals surface area (Å²) < 4.78 is 127. The number of pyridine rings is 1. The van der Waals surface area contributed by atoms with Gasteiger partial charge < -0.3 is 19.7 Å². The van der Waals surface area contributed by atoms with Crippen molar-refractivity contribution in [3.63, 3.8) is 0 Å². The molecule has 12 nitrogen and oxygen atoms in total. The monoisotopic (exact) mass is 718 g/mol. The predicted octanol–water partition coefficient (Wildman–Crippen LogP) is 4.78. The molecule has 262 valence electrons. The molecule has 1 fully saturated rings. The summed E-state index contributed by atoms with van der Waals surface area (Å²) in [6.07, 6.45) is -12.6. The number of amides is 1. The highest BCUT2D eigenvalue weighted by molar-refractivity contribution is 6.35. The number of carbonyl (C=O) groups excluding carboxylic acids is 1. The Labute approximate surface area is 269 Å². The summed E-state index contributed by atoms with van der Waals surface area (Å²) in [5.74, 6) is -0.655. The van der Waals surface area contributed by atoms with E-state index >= 15 is 0 Å². The first-order valence-corrected chi connectivity index (χ1v) is 14.0. The highest BCUT2D eigenvalue weighted by atomic mass is 35.5. The Morgan fingerprint density at radius 1 is 0.979 bits per heavy atom. The van der Waals surface area contributed by atoms with E-state index in [-0.39, 0.29) is 53.5 Å². The van der Waals surface area contributed by atoms with Gasteiger partial charge in [0.2, 0.25) is 11.9 Å². The summed E-state index contributed by atoms with van der Waals surface area (Å²) in [6.45, 7) is -0.970. The number of hydrogen-bond donors (Lipinski definition) is 1. The quantitative estimate of drug-likeness (QED) is 0.219. The molecule has 0 aromatic carbocycles. The van der Waals surface area contributed by atoms with Gasteiger partial charge in [-0.15, -0.1) is 0 Å². The number of halogens is 10. The zero-order valence-electron chi connectivity index (χ0n) is 24.5. The fourth-order valence-corrected chi connectivity index (χ4v) is 4.51. The fraction of sp³-hybridized carbons (Fsp3) is 0.462. The molecule has 0 radical (unpaired) electrons. The zero-order chi connectivity index (χ0) is 35.4. The maximum absolute atomic E-state index is 13.8. The number of aromatic nitrogens is 5. The van der Waals surface area contributed by atoms with Crippen LogP contribution in [0.25, 0.3) is 0 Å². The van der Waals surface area contributed by atoms with E-state index < -0.39 is 72.6 Å². The van der Waals surface area contributed by atoms with Gasteiger partial charge in [0.05, 0.1) is 36.5 Å². The molecular formula is C26H24ClF9N8O4. The lowest BCUT2D eigenvalue weighted by molar-refractivity contribution is -0.148. The number of nitrogens with one attached hydrogen (secondary N) is 1. The molecule has 0 spiro atoms. The third-order valence-electron chi connectivity index (χ3n) is 6.52. The molecule has 0 unspecified atom stereocenters. The predicted molar refractivity (Wildman–Crippen MR) is 150 cm³/mol. The van der Waals surface area contributed by atoms with E-state index in [1.54, 1.807) is 0 Å². The van der Waals surface area contributed by atoms with Crippen LogP contribution in [-0.2, 0) is 28.6 Å². The van der Waals surface area contributed by atoms with Crippen LogP contribution in [0.2, 0.25) is 5.02 Å². The van der Waals surface area contributed by atoms with Gasteiger partial charge in [-0.3, -0.25) is 14.5 Å². The van der Waals surface area contributed by atoms with Crippen LogP contribution in [0.3, 0.4) is 0 Å². The molecule has 1 aliphatic rings. The topological polar surface area (TPSA) is 128 Å². The maximum Gasteiger partial charge on any atom is 0.423 e. The minimum atomic E-state index is -5.17. The Balaban J connectivity index is 1.39. The lowest BCUT2D eigenvalue weighted by atomic mass is 10.2. The van der Waals surface area contributed by atoms with Gasteiger partial charge in [0.15, 0.2) is 5.82 Å². The second-order valence-corrected chi connectivity index (χ2v) is 10.6. The van der Waals surface area contributed by atoms with Crippen LogP contribution in [0.15, 0.2) is 35.6 Å². The Kier molecular flexibility index (Phi) is 10.9. The smallest absolute Gasteiger partial charge is 0.423 e. The number of hydrogen-bond acceptors (Lipinski definition) is 10. The van der Waals surface area contributed by atoms with E-state index in [2.05, 4.69) is 30.1 Å². The van der Waals surface area contributed by atoms with E-state index in [0.717, 1.165) is 0 Å². The minimum absolute atomic E-state index is 0.00258. The number of ether oxygens (including phenoxy) is 2. The lowest BCUT2D eigenvalue weighted by Gasteiger charge is -2.34. The van der Waals surface area contributed by atoms with Crippen molar-refractivity contribution in [2.75, 3.05) is 48.0 Å². The van der Waals surface area contributed by atoms with Gasteiger partial charge >= 0.3 is 18.5 Å². The molecule has 1 amide bonds. The van der Waals surface area contributed by atoms with Crippen molar-refractivity contribution in [3.05, 3.63) is 57.4 Å². The van der Waals surface area contributed by atoms with Gasteiger partial charge in [0.1, 0.15) is 36.2 Å². The molecule has 0 bridgehead atoms. The molecule has 48 heavy (non-hydrogen) atoms. The number of rotatable bonds is 11. The molecule has 4 rings (SSSR count). The van der Waals surface area contributed by atoms with Gasteiger partial charge in [-0.1, -0.05) is 11.6 Å². The summed E-state index contributed by atoms with van der Waals surface area (Å²) in [6, 6.07) is 0.422. The molecule has 0 saturated carbocycles.